The predicted molar refractivity (Wildman–Crippen MR) is 64.8 cm³/mol. The van der Waals surface area contributed by atoms with Crippen LogP contribution in [0.1, 0.15) is 36.2 Å². The van der Waals surface area contributed by atoms with Gasteiger partial charge in [0.05, 0.1) is 0 Å². The first kappa shape index (κ1) is 11.6. The number of aryl methyl sites for hydroxylation is 1. The molecule has 1 fully saturated rings. The van der Waals surface area contributed by atoms with Crippen LogP contribution < -0.4 is 0 Å². The summed E-state index contributed by atoms with van der Waals surface area (Å²) in [6.07, 6.45) is 1.77. The van der Waals surface area contributed by atoms with Gasteiger partial charge in [-0.1, -0.05) is 0 Å². The summed E-state index contributed by atoms with van der Waals surface area (Å²) in [6.45, 7) is 5.10. The number of rotatable bonds is 3. The number of hydrogen-bond acceptors (Lipinski definition) is 3. The van der Waals surface area contributed by atoms with Gasteiger partial charge in [-0.3, -0.25) is 9.69 Å². The van der Waals surface area contributed by atoms with E-state index in [4.69, 9.17) is 5.11 Å². The van der Waals surface area contributed by atoms with Crippen molar-refractivity contribution in [2.24, 2.45) is 0 Å². The quantitative estimate of drug-likeness (QED) is 0.881. The van der Waals surface area contributed by atoms with Gasteiger partial charge in [0.2, 0.25) is 0 Å². The zero-order chi connectivity index (χ0) is 11.7. The molecule has 1 saturated heterocycles. The van der Waals surface area contributed by atoms with Crippen molar-refractivity contribution in [3.05, 3.63) is 21.9 Å². The highest BCUT2D eigenvalue weighted by molar-refractivity contribution is 7.10. The number of thiophene rings is 1. The standard InChI is InChI=1S/C12H17NO2S/c1-8-5-7-16-11(8)9(2)13-6-3-4-10(13)12(14)15/h5,7,9-10H,3-4,6H2,1-2H3,(H,14,15). The summed E-state index contributed by atoms with van der Waals surface area (Å²) in [5.74, 6) is -0.682. The Labute approximate surface area is 99.7 Å². The molecule has 2 atom stereocenters. The van der Waals surface area contributed by atoms with Crippen LogP contribution in [0.4, 0.5) is 0 Å². The maximum atomic E-state index is 11.1. The van der Waals surface area contributed by atoms with Gasteiger partial charge < -0.3 is 5.11 Å². The maximum Gasteiger partial charge on any atom is 0.320 e. The molecule has 0 saturated carbocycles. The lowest BCUT2D eigenvalue weighted by Gasteiger charge is -2.28. The topological polar surface area (TPSA) is 40.5 Å². The monoisotopic (exact) mass is 239 g/mol. The first-order valence-electron chi connectivity index (χ1n) is 5.64. The molecular weight excluding hydrogens is 222 g/mol. The lowest BCUT2D eigenvalue weighted by atomic mass is 10.1. The van der Waals surface area contributed by atoms with Gasteiger partial charge in [-0.05, 0) is 50.2 Å². The molecule has 0 bridgehead atoms. The van der Waals surface area contributed by atoms with E-state index in [1.165, 1.54) is 10.4 Å². The average Bonchev–Trinajstić information content (AvgIpc) is 2.84. The van der Waals surface area contributed by atoms with Crippen molar-refractivity contribution in [1.29, 1.82) is 0 Å². The Morgan fingerprint density at radius 3 is 3.00 bits per heavy atom. The maximum absolute atomic E-state index is 11.1. The number of carbonyl (C=O) groups is 1. The van der Waals surface area contributed by atoms with Crippen molar-refractivity contribution in [3.8, 4) is 0 Å². The molecule has 0 aliphatic carbocycles. The second-order valence-corrected chi connectivity index (χ2v) is 5.33. The van der Waals surface area contributed by atoms with Crippen LogP contribution in [0.2, 0.25) is 0 Å². The van der Waals surface area contributed by atoms with Crippen LogP contribution in [-0.4, -0.2) is 28.6 Å². The fourth-order valence-corrected chi connectivity index (χ4v) is 3.49. The van der Waals surface area contributed by atoms with Crippen LogP contribution in [0.15, 0.2) is 11.4 Å². The van der Waals surface area contributed by atoms with Gasteiger partial charge in [-0.2, -0.15) is 0 Å². The summed E-state index contributed by atoms with van der Waals surface area (Å²) in [5, 5.41) is 11.2. The van der Waals surface area contributed by atoms with Crippen LogP contribution >= 0.6 is 11.3 Å². The molecule has 1 aromatic rings. The number of aliphatic carboxylic acids is 1. The van der Waals surface area contributed by atoms with Gasteiger partial charge in [0.25, 0.3) is 0 Å². The molecule has 1 aromatic heterocycles. The van der Waals surface area contributed by atoms with E-state index in [0.29, 0.717) is 0 Å². The van der Waals surface area contributed by atoms with E-state index in [9.17, 15) is 4.79 Å². The predicted octanol–water partition coefficient (Wildman–Crippen LogP) is 2.67. The largest absolute Gasteiger partial charge is 0.480 e. The van der Waals surface area contributed by atoms with Crippen molar-refractivity contribution in [3.63, 3.8) is 0 Å². The highest BCUT2D eigenvalue weighted by Gasteiger charge is 2.34. The summed E-state index contributed by atoms with van der Waals surface area (Å²) in [5.41, 5.74) is 1.27. The minimum atomic E-state index is -0.682. The zero-order valence-electron chi connectivity index (χ0n) is 9.64. The molecule has 0 spiro atoms. The van der Waals surface area contributed by atoms with E-state index < -0.39 is 5.97 Å². The van der Waals surface area contributed by atoms with Gasteiger partial charge in [-0.25, -0.2) is 0 Å². The number of carboxylic acid groups (broad SMARTS) is 1. The Morgan fingerprint density at radius 2 is 2.44 bits per heavy atom. The highest BCUT2D eigenvalue weighted by Crippen LogP contribution is 2.33. The SMILES string of the molecule is Cc1ccsc1C(C)N1CCCC1C(=O)O. The van der Waals surface area contributed by atoms with Crippen LogP contribution in [0, 0.1) is 6.92 Å². The molecule has 4 heteroatoms. The van der Waals surface area contributed by atoms with Crippen LogP contribution in [0.25, 0.3) is 0 Å². The van der Waals surface area contributed by atoms with E-state index in [2.05, 4.69) is 30.2 Å². The highest BCUT2D eigenvalue weighted by atomic mass is 32.1. The van der Waals surface area contributed by atoms with Crippen molar-refractivity contribution in [2.75, 3.05) is 6.54 Å². The Hall–Kier alpha value is -0.870. The first-order valence-corrected chi connectivity index (χ1v) is 6.51. The van der Waals surface area contributed by atoms with E-state index in [-0.39, 0.29) is 12.1 Å². The summed E-state index contributed by atoms with van der Waals surface area (Å²) in [7, 11) is 0. The fraction of sp³-hybridized carbons (Fsp3) is 0.583. The van der Waals surface area contributed by atoms with Crippen LogP contribution in [0.5, 0.6) is 0 Å². The Balaban J connectivity index is 2.18. The minimum Gasteiger partial charge on any atom is -0.480 e. The smallest absolute Gasteiger partial charge is 0.320 e. The van der Waals surface area contributed by atoms with Crippen molar-refractivity contribution in [2.45, 2.75) is 38.8 Å². The molecule has 1 aliphatic rings. The van der Waals surface area contributed by atoms with Gasteiger partial charge in [0.15, 0.2) is 0 Å². The van der Waals surface area contributed by atoms with E-state index >= 15 is 0 Å². The molecule has 2 unspecified atom stereocenters. The third kappa shape index (κ3) is 1.99. The normalized spacial score (nSPS) is 23.5. The lowest BCUT2D eigenvalue weighted by Crippen LogP contribution is -2.37. The molecule has 16 heavy (non-hydrogen) atoms. The summed E-state index contributed by atoms with van der Waals surface area (Å²) in [4.78, 5) is 14.5. The van der Waals surface area contributed by atoms with Gasteiger partial charge in [-0.15, -0.1) is 11.3 Å². The first-order chi connectivity index (χ1) is 7.61. The molecule has 0 amide bonds. The van der Waals surface area contributed by atoms with E-state index in [0.717, 1.165) is 19.4 Å². The van der Waals surface area contributed by atoms with Gasteiger partial charge in [0, 0.05) is 10.9 Å². The molecule has 2 heterocycles. The third-order valence-corrected chi connectivity index (χ3v) is 4.55. The Morgan fingerprint density at radius 1 is 1.69 bits per heavy atom. The third-order valence-electron chi connectivity index (χ3n) is 3.36. The zero-order valence-corrected chi connectivity index (χ0v) is 10.5. The summed E-state index contributed by atoms with van der Waals surface area (Å²) in [6, 6.07) is 2.03. The Bertz CT molecular complexity index is 388. The lowest BCUT2D eigenvalue weighted by molar-refractivity contribution is -0.142. The molecule has 88 valence electrons. The Kier molecular flexibility index (Phi) is 3.30. The minimum absolute atomic E-state index is 0.226. The number of likely N-dealkylation sites (tertiary alicyclic amines) is 1. The summed E-state index contributed by atoms with van der Waals surface area (Å²) >= 11 is 1.72. The van der Waals surface area contributed by atoms with Gasteiger partial charge >= 0.3 is 5.97 Å². The van der Waals surface area contributed by atoms with Crippen LogP contribution in [0.3, 0.4) is 0 Å². The molecule has 0 radical (unpaired) electrons. The molecule has 1 aliphatic heterocycles. The molecule has 0 aromatic carbocycles. The average molecular weight is 239 g/mol. The molecule has 1 N–H and O–H groups in total. The number of nitrogens with zero attached hydrogens (tertiary/aromatic N) is 1. The van der Waals surface area contributed by atoms with Gasteiger partial charge in [0.1, 0.15) is 6.04 Å². The molecule has 2 rings (SSSR count). The van der Waals surface area contributed by atoms with Crippen molar-refractivity contribution >= 4 is 17.3 Å². The molecular formula is C12H17NO2S. The second kappa shape index (κ2) is 4.55. The second-order valence-electron chi connectivity index (χ2n) is 4.38. The van der Waals surface area contributed by atoms with Crippen molar-refractivity contribution < 1.29 is 9.90 Å². The van der Waals surface area contributed by atoms with Crippen molar-refractivity contribution in [1.82, 2.24) is 4.90 Å². The fourth-order valence-electron chi connectivity index (χ4n) is 2.48. The number of hydrogen-bond donors (Lipinski definition) is 1. The van der Waals surface area contributed by atoms with Crippen LogP contribution in [-0.2, 0) is 4.79 Å². The summed E-state index contributed by atoms with van der Waals surface area (Å²) < 4.78 is 0. The van der Waals surface area contributed by atoms with E-state index in [1.54, 1.807) is 11.3 Å². The molecule has 3 nitrogen and oxygen atoms in total. The number of carboxylic acids is 1. The van der Waals surface area contributed by atoms with E-state index in [1.807, 2.05) is 0 Å².